The molecule has 0 spiro atoms. The zero-order chi connectivity index (χ0) is 8.39. The molecule has 0 N–H and O–H groups in total. The SMILES string of the molecule is Cc1nccnc1C1CCCC1. The van der Waals surface area contributed by atoms with Crippen LogP contribution in [0, 0.1) is 6.92 Å². The van der Waals surface area contributed by atoms with E-state index in [-0.39, 0.29) is 0 Å². The van der Waals surface area contributed by atoms with Crippen LogP contribution in [-0.2, 0) is 0 Å². The molecule has 1 saturated carbocycles. The molecule has 0 bridgehead atoms. The van der Waals surface area contributed by atoms with Crippen molar-refractivity contribution in [1.29, 1.82) is 0 Å². The van der Waals surface area contributed by atoms with Crippen molar-refractivity contribution < 1.29 is 0 Å². The maximum atomic E-state index is 4.40. The smallest absolute Gasteiger partial charge is 0.0646 e. The zero-order valence-electron chi connectivity index (χ0n) is 7.45. The number of hydrogen-bond acceptors (Lipinski definition) is 2. The first-order chi connectivity index (χ1) is 5.88. The van der Waals surface area contributed by atoms with Crippen LogP contribution in [0.15, 0.2) is 12.4 Å². The maximum Gasteiger partial charge on any atom is 0.0646 e. The first-order valence-corrected chi connectivity index (χ1v) is 4.65. The number of aryl methyl sites for hydroxylation is 1. The van der Waals surface area contributed by atoms with E-state index in [1.807, 2.05) is 0 Å². The lowest BCUT2D eigenvalue weighted by molar-refractivity contribution is 0.683. The fraction of sp³-hybridized carbons (Fsp3) is 0.600. The molecule has 2 heteroatoms. The molecule has 0 radical (unpaired) electrons. The fourth-order valence-corrected chi connectivity index (χ4v) is 2.02. The van der Waals surface area contributed by atoms with E-state index in [4.69, 9.17) is 0 Å². The van der Waals surface area contributed by atoms with Crippen LogP contribution in [-0.4, -0.2) is 9.97 Å². The largest absolute Gasteiger partial charge is 0.258 e. The number of nitrogens with zero attached hydrogens (tertiary/aromatic N) is 2. The normalized spacial score (nSPS) is 18.4. The molecule has 2 nitrogen and oxygen atoms in total. The van der Waals surface area contributed by atoms with Crippen LogP contribution in [0.25, 0.3) is 0 Å². The van der Waals surface area contributed by atoms with Crippen molar-refractivity contribution in [1.82, 2.24) is 9.97 Å². The minimum atomic E-state index is 0.693. The van der Waals surface area contributed by atoms with Crippen molar-refractivity contribution in [2.24, 2.45) is 0 Å². The topological polar surface area (TPSA) is 25.8 Å². The van der Waals surface area contributed by atoms with Gasteiger partial charge in [0.1, 0.15) is 0 Å². The van der Waals surface area contributed by atoms with Crippen molar-refractivity contribution in [3.63, 3.8) is 0 Å². The molecular weight excluding hydrogens is 148 g/mol. The van der Waals surface area contributed by atoms with Crippen LogP contribution in [0.1, 0.15) is 43.0 Å². The highest BCUT2D eigenvalue weighted by molar-refractivity contribution is 5.14. The standard InChI is InChI=1S/C10H14N2/c1-8-10(12-7-6-11-8)9-4-2-3-5-9/h6-7,9H,2-5H2,1H3. The van der Waals surface area contributed by atoms with Gasteiger partial charge in [0.15, 0.2) is 0 Å². The second-order valence-corrected chi connectivity index (χ2v) is 3.51. The third-order valence-electron chi connectivity index (χ3n) is 2.66. The van der Waals surface area contributed by atoms with E-state index in [0.29, 0.717) is 5.92 Å². The molecule has 64 valence electrons. The molecule has 0 aliphatic heterocycles. The second kappa shape index (κ2) is 3.21. The Morgan fingerprint density at radius 2 is 1.83 bits per heavy atom. The lowest BCUT2D eigenvalue weighted by atomic mass is 10.0. The minimum absolute atomic E-state index is 0.693. The van der Waals surface area contributed by atoms with Crippen molar-refractivity contribution >= 4 is 0 Å². The van der Waals surface area contributed by atoms with Crippen LogP contribution in [0.3, 0.4) is 0 Å². The summed E-state index contributed by atoms with van der Waals surface area (Å²) >= 11 is 0. The zero-order valence-corrected chi connectivity index (χ0v) is 7.45. The van der Waals surface area contributed by atoms with E-state index < -0.39 is 0 Å². The Morgan fingerprint density at radius 1 is 1.17 bits per heavy atom. The average Bonchev–Trinajstić information content (AvgIpc) is 2.57. The lowest BCUT2D eigenvalue weighted by Crippen LogP contribution is -2.00. The molecule has 0 amide bonds. The number of hydrogen-bond donors (Lipinski definition) is 0. The average molecular weight is 162 g/mol. The molecule has 1 aromatic heterocycles. The summed E-state index contributed by atoms with van der Waals surface area (Å²) in [4.78, 5) is 8.66. The molecule has 2 rings (SSSR count). The predicted octanol–water partition coefficient (Wildman–Crippen LogP) is 2.44. The summed E-state index contributed by atoms with van der Waals surface area (Å²) in [6.07, 6.45) is 8.91. The lowest BCUT2D eigenvalue weighted by Gasteiger charge is -2.09. The molecule has 0 saturated heterocycles. The Labute approximate surface area is 73.1 Å². The summed E-state index contributed by atoms with van der Waals surface area (Å²) in [6, 6.07) is 0. The number of aromatic nitrogens is 2. The predicted molar refractivity (Wildman–Crippen MR) is 48.0 cm³/mol. The highest BCUT2D eigenvalue weighted by Crippen LogP contribution is 2.33. The molecule has 12 heavy (non-hydrogen) atoms. The minimum Gasteiger partial charge on any atom is -0.258 e. The molecule has 1 fully saturated rings. The van der Waals surface area contributed by atoms with Crippen LogP contribution in [0.2, 0.25) is 0 Å². The summed E-state index contributed by atoms with van der Waals surface area (Å²) in [5.74, 6) is 0.693. The van der Waals surface area contributed by atoms with Crippen molar-refractivity contribution in [3.05, 3.63) is 23.8 Å². The van der Waals surface area contributed by atoms with Gasteiger partial charge in [0.2, 0.25) is 0 Å². The molecule has 1 aliphatic rings. The van der Waals surface area contributed by atoms with Gasteiger partial charge in [0, 0.05) is 18.3 Å². The van der Waals surface area contributed by atoms with Gasteiger partial charge in [0.05, 0.1) is 11.4 Å². The van der Waals surface area contributed by atoms with E-state index in [1.165, 1.54) is 31.4 Å². The van der Waals surface area contributed by atoms with Gasteiger partial charge in [-0.15, -0.1) is 0 Å². The number of rotatable bonds is 1. The van der Waals surface area contributed by atoms with Crippen LogP contribution < -0.4 is 0 Å². The quantitative estimate of drug-likeness (QED) is 0.633. The van der Waals surface area contributed by atoms with E-state index in [0.717, 1.165) is 5.69 Å². The monoisotopic (exact) mass is 162 g/mol. The molecule has 1 heterocycles. The van der Waals surface area contributed by atoms with Crippen LogP contribution >= 0.6 is 0 Å². The summed E-state index contributed by atoms with van der Waals surface area (Å²) in [6.45, 7) is 2.06. The van der Waals surface area contributed by atoms with Crippen LogP contribution in [0.4, 0.5) is 0 Å². The maximum absolute atomic E-state index is 4.40. The van der Waals surface area contributed by atoms with E-state index in [9.17, 15) is 0 Å². The third kappa shape index (κ3) is 1.33. The molecule has 1 aliphatic carbocycles. The highest BCUT2D eigenvalue weighted by Gasteiger charge is 2.19. The molecule has 1 aromatic rings. The molecule has 0 atom stereocenters. The Morgan fingerprint density at radius 3 is 2.50 bits per heavy atom. The van der Waals surface area contributed by atoms with E-state index in [1.54, 1.807) is 12.4 Å². The van der Waals surface area contributed by atoms with Gasteiger partial charge >= 0.3 is 0 Å². The third-order valence-corrected chi connectivity index (χ3v) is 2.66. The van der Waals surface area contributed by atoms with Gasteiger partial charge < -0.3 is 0 Å². The Bertz CT molecular complexity index is 264. The van der Waals surface area contributed by atoms with Gasteiger partial charge in [-0.1, -0.05) is 12.8 Å². The van der Waals surface area contributed by atoms with Crippen molar-refractivity contribution in [2.45, 2.75) is 38.5 Å². The van der Waals surface area contributed by atoms with Crippen molar-refractivity contribution in [2.75, 3.05) is 0 Å². The van der Waals surface area contributed by atoms with E-state index >= 15 is 0 Å². The highest BCUT2D eigenvalue weighted by atomic mass is 14.8. The van der Waals surface area contributed by atoms with Gasteiger partial charge in [-0.05, 0) is 19.8 Å². The van der Waals surface area contributed by atoms with Crippen LogP contribution in [0.5, 0.6) is 0 Å². The van der Waals surface area contributed by atoms with Gasteiger partial charge in [-0.2, -0.15) is 0 Å². The first kappa shape index (κ1) is 7.71. The molecule has 0 unspecified atom stereocenters. The first-order valence-electron chi connectivity index (χ1n) is 4.65. The Kier molecular flexibility index (Phi) is 2.07. The van der Waals surface area contributed by atoms with Gasteiger partial charge in [-0.3, -0.25) is 9.97 Å². The molecule has 0 aromatic carbocycles. The summed E-state index contributed by atoms with van der Waals surface area (Å²) in [5, 5.41) is 0. The second-order valence-electron chi connectivity index (χ2n) is 3.51. The fourth-order valence-electron chi connectivity index (χ4n) is 2.02. The summed E-state index contributed by atoms with van der Waals surface area (Å²) < 4.78 is 0. The summed E-state index contributed by atoms with van der Waals surface area (Å²) in [7, 11) is 0. The Balaban J connectivity index is 2.26. The van der Waals surface area contributed by atoms with Crippen molar-refractivity contribution in [3.8, 4) is 0 Å². The van der Waals surface area contributed by atoms with E-state index in [2.05, 4.69) is 16.9 Å². The Hall–Kier alpha value is -0.920. The van der Waals surface area contributed by atoms with Gasteiger partial charge in [-0.25, -0.2) is 0 Å². The molecular formula is C10H14N2. The van der Waals surface area contributed by atoms with Gasteiger partial charge in [0.25, 0.3) is 0 Å². The summed E-state index contributed by atoms with van der Waals surface area (Å²) in [5.41, 5.74) is 2.35.